The Morgan fingerprint density at radius 2 is 0.667 bits per heavy atom. The first kappa shape index (κ1) is 20.3. The van der Waals surface area contributed by atoms with E-state index in [1.165, 1.54) is 51.4 Å². The Hall–Kier alpha value is 0. The third-order valence-electron chi connectivity index (χ3n) is 4.21. The fourth-order valence-corrected chi connectivity index (χ4v) is 1.21. The maximum atomic E-state index is 2.27. The second-order valence-corrected chi connectivity index (χ2v) is 7.62. The first-order valence-electron chi connectivity index (χ1n) is 8.16. The minimum atomic E-state index is 0.437. The molecule has 0 nitrogen and oxygen atoms in total. The fraction of sp³-hybridized carbons (Fsp3) is 1.00. The average Bonchev–Trinajstić information content (AvgIpc) is 2.21. The maximum absolute atomic E-state index is 2.27. The number of hydrogen-bond donors (Lipinski definition) is 0. The highest BCUT2D eigenvalue weighted by Crippen LogP contribution is 2.36. The van der Waals surface area contributed by atoms with E-state index in [1.807, 2.05) is 0 Å². The van der Waals surface area contributed by atoms with Crippen LogP contribution >= 0.6 is 0 Å². The van der Waals surface area contributed by atoms with Gasteiger partial charge in [0.2, 0.25) is 0 Å². The summed E-state index contributed by atoms with van der Waals surface area (Å²) < 4.78 is 0. The third kappa shape index (κ3) is 14.1. The molecule has 0 aromatic carbocycles. The minimum absolute atomic E-state index is 0.437. The largest absolute Gasteiger partial charge is 0.0654 e. The van der Waals surface area contributed by atoms with Crippen LogP contribution in [-0.4, -0.2) is 0 Å². The molecule has 0 fully saturated rings. The first-order valence-corrected chi connectivity index (χ1v) is 8.16. The topological polar surface area (TPSA) is 0 Å². The highest BCUT2D eigenvalue weighted by atomic mass is 14.3. The van der Waals surface area contributed by atoms with E-state index in [9.17, 15) is 0 Å². The summed E-state index contributed by atoms with van der Waals surface area (Å²) in [6.07, 6.45) is 11.5. The predicted octanol–water partition coefficient (Wildman–Crippen LogP) is 7.23. The molecule has 0 aromatic rings. The van der Waals surface area contributed by atoms with Crippen LogP contribution < -0.4 is 0 Å². The van der Waals surface area contributed by atoms with E-state index in [-0.39, 0.29) is 0 Å². The molecule has 0 aliphatic heterocycles. The predicted molar refractivity (Wildman–Crippen MR) is 87.2 cm³/mol. The van der Waals surface area contributed by atoms with Gasteiger partial charge in [-0.3, -0.25) is 0 Å². The van der Waals surface area contributed by atoms with Crippen molar-refractivity contribution >= 4 is 0 Å². The van der Waals surface area contributed by atoms with Crippen molar-refractivity contribution in [1.29, 1.82) is 0 Å². The molecule has 0 heteroatoms. The summed E-state index contributed by atoms with van der Waals surface area (Å²) in [6.45, 7) is 18.2. The van der Waals surface area contributed by atoms with Gasteiger partial charge in [0, 0.05) is 0 Å². The first-order chi connectivity index (χ1) is 8.16. The molecule has 0 unspecified atom stereocenters. The molecule has 0 bridgehead atoms. The third-order valence-corrected chi connectivity index (χ3v) is 4.21. The molecule has 0 amide bonds. The van der Waals surface area contributed by atoms with Crippen LogP contribution in [0, 0.1) is 10.8 Å². The van der Waals surface area contributed by atoms with Gasteiger partial charge in [-0.25, -0.2) is 0 Å². The molecular weight excluding hydrogens is 216 g/mol. The van der Waals surface area contributed by atoms with Gasteiger partial charge >= 0.3 is 0 Å². The normalized spacial score (nSPS) is 12.0. The van der Waals surface area contributed by atoms with E-state index in [2.05, 4.69) is 55.4 Å². The molecule has 0 radical (unpaired) electrons. The lowest BCUT2D eigenvalue weighted by Gasteiger charge is -2.34. The van der Waals surface area contributed by atoms with Crippen LogP contribution in [0.3, 0.4) is 0 Å². The molecule has 0 aromatic heterocycles. The molecule has 0 aliphatic rings. The van der Waals surface area contributed by atoms with Crippen LogP contribution in [0.5, 0.6) is 0 Å². The highest BCUT2D eigenvalue weighted by molar-refractivity contribution is 4.77. The highest BCUT2D eigenvalue weighted by Gasteiger charge is 2.26. The number of hydrogen-bond acceptors (Lipinski definition) is 0. The van der Waals surface area contributed by atoms with E-state index in [0.29, 0.717) is 10.8 Å². The Balaban J connectivity index is 0. The van der Waals surface area contributed by atoms with Gasteiger partial charge in [0.05, 0.1) is 0 Å². The van der Waals surface area contributed by atoms with Crippen molar-refractivity contribution in [2.75, 3.05) is 0 Å². The second-order valence-electron chi connectivity index (χ2n) is 7.62. The van der Waals surface area contributed by atoms with Crippen LogP contribution in [0.25, 0.3) is 0 Å². The van der Waals surface area contributed by atoms with Gasteiger partial charge in [-0.05, 0) is 10.8 Å². The molecule has 0 N–H and O–H groups in total. The monoisotopic (exact) mass is 256 g/mol. The minimum Gasteiger partial charge on any atom is -0.0654 e. The van der Waals surface area contributed by atoms with Gasteiger partial charge in [0.15, 0.2) is 0 Å². The Morgan fingerprint density at radius 3 is 0.833 bits per heavy atom. The van der Waals surface area contributed by atoms with Crippen LogP contribution in [0.2, 0.25) is 0 Å². The summed E-state index contributed by atoms with van der Waals surface area (Å²) in [5.41, 5.74) is 0.875. The van der Waals surface area contributed by atoms with Crippen molar-refractivity contribution in [3.8, 4) is 0 Å². The second kappa shape index (κ2) is 10.9. The summed E-state index contributed by atoms with van der Waals surface area (Å²) in [7, 11) is 0. The molecule has 0 aliphatic carbocycles. The van der Waals surface area contributed by atoms with Crippen molar-refractivity contribution < 1.29 is 0 Å². The number of unbranched alkanes of at least 4 members (excludes halogenated alkanes) is 7. The number of rotatable bonds is 7. The van der Waals surface area contributed by atoms with Gasteiger partial charge in [-0.1, -0.05) is 107 Å². The van der Waals surface area contributed by atoms with Gasteiger partial charge in [0.25, 0.3) is 0 Å². The SMILES string of the molecule is CC(C)(C)C(C)(C)C.CCCCCCCCCC. The van der Waals surface area contributed by atoms with Gasteiger partial charge < -0.3 is 0 Å². The average molecular weight is 257 g/mol. The quantitative estimate of drug-likeness (QED) is 0.422. The lowest BCUT2D eigenvalue weighted by Crippen LogP contribution is -2.25. The summed E-state index contributed by atoms with van der Waals surface area (Å²) in [4.78, 5) is 0. The van der Waals surface area contributed by atoms with Crippen LogP contribution in [-0.2, 0) is 0 Å². The molecule has 0 rings (SSSR count). The van der Waals surface area contributed by atoms with Gasteiger partial charge in [-0.2, -0.15) is 0 Å². The Kier molecular flexibility index (Phi) is 12.3. The molecule has 112 valence electrons. The summed E-state index contributed by atoms with van der Waals surface area (Å²) >= 11 is 0. The lowest BCUT2D eigenvalue weighted by molar-refractivity contribution is 0.157. The van der Waals surface area contributed by atoms with Gasteiger partial charge in [0.1, 0.15) is 0 Å². The molecule has 0 spiro atoms. The van der Waals surface area contributed by atoms with Crippen LogP contribution in [0.4, 0.5) is 0 Å². The van der Waals surface area contributed by atoms with E-state index >= 15 is 0 Å². The van der Waals surface area contributed by atoms with E-state index < -0.39 is 0 Å². The fourth-order valence-electron chi connectivity index (χ4n) is 1.21. The summed E-state index contributed by atoms with van der Waals surface area (Å²) in [6, 6.07) is 0. The zero-order valence-electron chi connectivity index (χ0n) is 14.7. The zero-order valence-corrected chi connectivity index (χ0v) is 14.7. The van der Waals surface area contributed by atoms with Gasteiger partial charge in [-0.15, -0.1) is 0 Å². The van der Waals surface area contributed by atoms with Crippen LogP contribution in [0.15, 0.2) is 0 Å². The standard InChI is InChI=1S/C10H22.C8H18/c1-3-5-7-9-10-8-6-4-2;1-7(2,3)8(4,5)6/h3-10H2,1-2H3;1-6H3. The smallest absolute Gasteiger partial charge is 0.0334 e. The van der Waals surface area contributed by atoms with E-state index in [4.69, 9.17) is 0 Å². The molecule has 0 saturated carbocycles. The van der Waals surface area contributed by atoms with E-state index in [1.54, 1.807) is 0 Å². The molecular formula is C18H40. The van der Waals surface area contributed by atoms with Crippen molar-refractivity contribution in [3.05, 3.63) is 0 Å². The Labute approximate surface area is 118 Å². The molecule has 0 saturated heterocycles. The van der Waals surface area contributed by atoms with Crippen molar-refractivity contribution in [2.24, 2.45) is 10.8 Å². The molecule has 0 heterocycles. The van der Waals surface area contributed by atoms with Crippen LogP contribution in [0.1, 0.15) is 107 Å². The maximum Gasteiger partial charge on any atom is -0.0334 e. The Bertz CT molecular complexity index is 134. The molecule has 18 heavy (non-hydrogen) atoms. The zero-order chi connectivity index (χ0) is 14.7. The van der Waals surface area contributed by atoms with Crippen molar-refractivity contribution in [3.63, 3.8) is 0 Å². The van der Waals surface area contributed by atoms with E-state index in [0.717, 1.165) is 0 Å². The van der Waals surface area contributed by atoms with Crippen molar-refractivity contribution in [2.45, 2.75) is 107 Å². The Morgan fingerprint density at radius 1 is 0.444 bits per heavy atom. The summed E-state index contributed by atoms with van der Waals surface area (Å²) in [5.74, 6) is 0. The molecule has 0 atom stereocenters. The lowest BCUT2D eigenvalue weighted by atomic mass is 9.71. The van der Waals surface area contributed by atoms with Crippen molar-refractivity contribution in [1.82, 2.24) is 0 Å². The summed E-state index contributed by atoms with van der Waals surface area (Å²) in [5, 5.41) is 0.